The van der Waals surface area contributed by atoms with E-state index in [1.807, 2.05) is 60.0 Å². The first kappa shape index (κ1) is 20.4. The number of aromatic amines is 1. The second-order valence-electron chi connectivity index (χ2n) is 8.27. The number of hydrogen-bond donors (Lipinski definition) is 1. The molecule has 1 aliphatic rings. The maximum Gasteiger partial charge on any atom is 0.273 e. The Kier molecular flexibility index (Phi) is 4.96. The molecule has 1 fully saturated rings. The summed E-state index contributed by atoms with van der Waals surface area (Å²) in [6.07, 6.45) is 3.49. The van der Waals surface area contributed by atoms with Crippen LogP contribution < -0.4 is 10.5 Å². The molecule has 9 heteroatoms. The minimum atomic E-state index is -0.170. The monoisotopic (exact) mass is 453 g/mol. The van der Waals surface area contributed by atoms with E-state index in [9.17, 15) is 4.79 Å². The zero-order valence-electron chi connectivity index (χ0n) is 18.7. The van der Waals surface area contributed by atoms with Gasteiger partial charge in [0.05, 0.1) is 24.6 Å². The first-order valence-corrected chi connectivity index (χ1v) is 11.2. The van der Waals surface area contributed by atoms with Gasteiger partial charge in [0.25, 0.3) is 5.56 Å². The molecule has 1 aliphatic heterocycles. The highest BCUT2D eigenvalue weighted by molar-refractivity contribution is 5.67. The maximum atomic E-state index is 13.0. The number of fused-ring (bicyclic) bond motifs is 1. The van der Waals surface area contributed by atoms with Crippen LogP contribution in [0.15, 0.2) is 71.8 Å². The van der Waals surface area contributed by atoms with Crippen LogP contribution in [-0.2, 0) is 4.74 Å². The third-order valence-corrected chi connectivity index (χ3v) is 6.09. The fourth-order valence-corrected chi connectivity index (χ4v) is 4.32. The van der Waals surface area contributed by atoms with Crippen LogP contribution in [0, 0.1) is 6.92 Å². The number of benzene rings is 1. The van der Waals surface area contributed by atoms with Gasteiger partial charge >= 0.3 is 0 Å². The van der Waals surface area contributed by atoms with Gasteiger partial charge in [0.15, 0.2) is 11.5 Å². The van der Waals surface area contributed by atoms with E-state index in [1.165, 1.54) is 4.68 Å². The Hall–Kier alpha value is -4.24. The van der Waals surface area contributed by atoms with Crippen molar-refractivity contribution in [2.45, 2.75) is 6.92 Å². The minimum Gasteiger partial charge on any atom is -0.378 e. The molecule has 0 saturated carbocycles. The largest absolute Gasteiger partial charge is 0.378 e. The molecule has 1 saturated heterocycles. The van der Waals surface area contributed by atoms with Crippen LogP contribution in [-0.4, -0.2) is 55.7 Å². The van der Waals surface area contributed by atoms with E-state index >= 15 is 0 Å². The van der Waals surface area contributed by atoms with Crippen LogP contribution in [0.5, 0.6) is 0 Å². The molecule has 0 radical (unpaired) electrons. The third-order valence-electron chi connectivity index (χ3n) is 6.09. The zero-order valence-corrected chi connectivity index (χ0v) is 18.7. The van der Waals surface area contributed by atoms with Gasteiger partial charge in [-0.05, 0) is 24.6 Å². The molecule has 170 valence electrons. The van der Waals surface area contributed by atoms with Gasteiger partial charge in [0.1, 0.15) is 5.82 Å². The normalized spacial score (nSPS) is 14.1. The number of aryl methyl sites for hydroxylation is 1. The Balaban J connectivity index is 1.52. The lowest BCUT2D eigenvalue weighted by Crippen LogP contribution is -2.37. The van der Waals surface area contributed by atoms with Gasteiger partial charge in [-0.3, -0.25) is 14.9 Å². The van der Waals surface area contributed by atoms with Crippen LogP contribution in [0.3, 0.4) is 0 Å². The molecular weight excluding hydrogens is 430 g/mol. The number of pyridine rings is 1. The summed E-state index contributed by atoms with van der Waals surface area (Å²) in [6.45, 7) is 4.77. The third kappa shape index (κ3) is 3.56. The highest BCUT2D eigenvalue weighted by Gasteiger charge is 2.20. The van der Waals surface area contributed by atoms with Crippen molar-refractivity contribution < 1.29 is 4.74 Å². The number of aromatic nitrogens is 6. The van der Waals surface area contributed by atoms with Gasteiger partial charge in [0.2, 0.25) is 0 Å². The minimum absolute atomic E-state index is 0.170. The van der Waals surface area contributed by atoms with Crippen molar-refractivity contribution >= 4 is 11.5 Å². The van der Waals surface area contributed by atoms with E-state index in [0.29, 0.717) is 24.7 Å². The van der Waals surface area contributed by atoms with Crippen molar-refractivity contribution in [1.82, 2.24) is 29.4 Å². The molecule has 1 N–H and O–H groups in total. The van der Waals surface area contributed by atoms with E-state index in [-0.39, 0.29) is 5.56 Å². The molecule has 9 nitrogen and oxygen atoms in total. The number of ether oxygens (including phenoxy) is 1. The molecule has 4 aromatic heterocycles. The Morgan fingerprint density at radius 2 is 1.79 bits per heavy atom. The van der Waals surface area contributed by atoms with Crippen molar-refractivity contribution in [2.24, 2.45) is 0 Å². The Morgan fingerprint density at radius 3 is 2.59 bits per heavy atom. The van der Waals surface area contributed by atoms with Crippen LogP contribution in [0.4, 0.5) is 5.82 Å². The van der Waals surface area contributed by atoms with Crippen LogP contribution in [0.1, 0.15) is 5.56 Å². The summed E-state index contributed by atoms with van der Waals surface area (Å²) in [6, 6.07) is 17.3. The molecule has 5 heterocycles. The highest BCUT2D eigenvalue weighted by atomic mass is 16.5. The Labute approximate surface area is 195 Å². The molecule has 0 unspecified atom stereocenters. The van der Waals surface area contributed by atoms with Gasteiger partial charge in [0, 0.05) is 54.8 Å². The number of rotatable bonds is 4. The van der Waals surface area contributed by atoms with E-state index < -0.39 is 0 Å². The number of H-pyrrole nitrogens is 1. The summed E-state index contributed by atoms with van der Waals surface area (Å²) in [7, 11) is 0. The summed E-state index contributed by atoms with van der Waals surface area (Å²) in [5.41, 5.74) is 5.06. The smallest absolute Gasteiger partial charge is 0.273 e. The average molecular weight is 454 g/mol. The lowest BCUT2D eigenvalue weighted by molar-refractivity contribution is 0.122. The molecule has 0 bridgehead atoms. The van der Waals surface area contributed by atoms with Crippen molar-refractivity contribution in [3.05, 3.63) is 82.9 Å². The highest BCUT2D eigenvalue weighted by Crippen LogP contribution is 2.26. The van der Waals surface area contributed by atoms with E-state index in [1.54, 1.807) is 18.5 Å². The first-order valence-electron chi connectivity index (χ1n) is 11.2. The standard InChI is InChI=1S/C25H23N7O2/c1-17-4-2-3-5-19(17)21-15-25(33)32(29-21)23-16-24(30-10-12-34-13-11-30)31-22(27-23)14-20(28-31)18-6-8-26-9-7-18/h2-9,14-16,29H,10-13H2,1H3. The number of anilines is 1. The maximum absolute atomic E-state index is 13.0. The Bertz CT molecular complexity index is 1530. The summed E-state index contributed by atoms with van der Waals surface area (Å²) in [5.74, 6) is 1.38. The summed E-state index contributed by atoms with van der Waals surface area (Å²) < 4.78 is 8.88. The predicted octanol–water partition coefficient (Wildman–Crippen LogP) is 3.08. The fraction of sp³-hybridized carbons (Fsp3) is 0.200. The second-order valence-corrected chi connectivity index (χ2v) is 8.27. The fourth-order valence-electron chi connectivity index (χ4n) is 4.32. The molecule has 6 rings (SSSR count). The number of hydrogen-bond acceptors (Lipinski definition) is 6. The van der Waals surface area contributed by atoms with Gasteiger partial charge in [-0.1, -0.05) is 24.3 Å². The van der Waals surface area contributed by atoms with Crippen LogP contribution in [0.2, 0.25) is 0 Å². The number of nitrogens with one attached hydrogen (secondary N) is 1. The van der Waals surface area contributed by atoms with Crippen LogP contribution in [0.25, 0.3) is 34.0 Å². The van der Waals surface area contributed by atoms with E-state index in [4.69, 9.17) is 14.8 Å². The van der Waals surface area contributed by atoms with Crippen LogP contribution >= 0.6 is 0 Å². The number of nitrogens with zero attached hydrogens (tertiary/aromatic N) is 6. The molecule has 0 spiro atoms. The van der Waals surface area contributed by atoms with Gasteiger partial charge < -0.3 is 9.64 Å². The molecular formula is C25H23N7O2. The predicted molar refractivity (Wildman–Crippen MR) is 129 cm³/mol. The van der Waals surface area contributed by atoms with Gasteiger partial charge in [-0.15, -0.1) is 0 Å². The van der Waals surface area contributed by atoms with E-state index in [2.05, 4.69) is 15.0 Å². The average Bonchev–Trinajstić information content (AvgIpc) is 3.48. The topological polar surface area (TPSA) is 93.3 Å². The summed E-state index contributed by atoms with van der Waals surface area (Å²) in [5, 5.41) is 8.07. The quantitative estimate of drug-likeness (QED) is 0.450. The molecule has 0 amide bonds. The molecule has 0 aliphatic carbocycles. The molecule has 1 aromatic carbocycles. The second kappa shape index (κ2) is 8.27. The lowest BCUT2D eigenvalue weighted by atomic mass is 10.1. The van der Waals surface area contributed by atoms with E-state index in [0.717, 1.165) is 47.0 Å². The zero-order chi connectivity index (χ0) is 23.1. The summed E-state index contributed by atoms with van der Waals surface area (Å²) >= 11 is 0. The van der Waals surface area contributed by atoms with Crippen molar-refractivity contribution in [2.75, 3.05) is 31.2 Å². The van der Waals surface area contributed by atoms with Crippen molar-refractivity contribution in [1.29, 1.82) is 0 Å². The lowest BCUT2D eigenvalue weighted by Gasteiger charge is -2.29. The molecule has 5 aromatic rings. The van der Waals surface area contributed by atoms with Gasteiger partial charge in [-0.25, -0.2) is 9.67 Å². The number of morpholine rings is 1. The molecule has 0 atom stereocenters. The van der Waals surface area contributed by atoms with Crippen molar-refractivity contribution in [3.63, 3.8) is 0 Å². The van der Waals surface area contributed by atoms with Gasteiger partial charge in [-0.2, -0.15) is 9.61 Å². The first-order chi connectivity index (χ1) is 16.7. The SMILES string of the molecule is Cc1ccccc1-c1cc(=O)n(-c2cc(N3CCOCC3)n3nc(-c4ccncc4)cc3n2)[nH]1. The Morgan fingerprint density at radius 1 is 1.00 bits per heavy atom. The summed E-state index contributed by atoms with van der Waals surface area (Å²) in [4.78, 5) is 24.1. The van der Waals surface area contributed by atoms with Crippen molar-refractivity contribution in [3.8, 4) is 28.3 Å². The molecule has 34 heavy (non-hydrogen) atoms.